The van der Waals surface area contributed by atoms with Gasteiger partial charge in [0, 0.05) is 5.92 Å². The lowest BCUT2D eigenvalue weighted by molar-refractivity contribution is 0.110. The van der Waals surface area contributed by atoms with Crippen LogP contribution in [-0.4, -0.2) is 16.7 Å². The van der Waals surface area contributed by atoms with Gasteiger partial charge in [-0.05, 0) is 24.1 Å². The van der Waals surface area contributed by atoms with E-state index in [-0.39, 0.29) is 23.7 Å². The number of hydrogen-bond acceptors (Lipinski definition) is 4. The summed E-state index contributed by atoms with van der Waals surface area (Å²) in [6.07, 6.45) is 0.705. The van der Waals surface area contributed by atoms with Crippen molar-refractivity contribution in [1.82, 2.24) is 10.1 Å². The van der Waals surface area contributed by atoms with Gasteiger partial charge in [0.1, 0.15) is 11.7 Å². The Morgan fingerprint density at radius 1 is 1.32 bits per heavy atom. The molecule has 2 atom stereocenters. The zero-order chi connectivity index (χ0) is 13.2. The molecule has 2 heterocycles. The van der Waals surface area contributed by atoms with E-state index in [0.29, 0.717) is 18.3 Å². The Bertz CT molecular complexity index is 558. The number of rotatable bonds is 3. The minimum Gasteiger partial charge on any atom is -0.373 e. The van der Waals surface area contributed by atoms with Crippen LogP contribution < -0.4 is 0 Å². The summed E-state index contributed by atoms with van der Waals surface area (Å²) in [5, 5.41) is 3.90. The normalized spacial score (nSPS) is 22.8. The molecule has 0 bridgehead atoms. The van der Waals surface area contributed by atoms with Crippen LogP contribution in [0.25, 0.3) is 0 Å². The molecule has 2 aromatic rings. The summed E-state index contributed by atoms with van der Waals surface area (Å²) in [5.41, 5.74) is 0.963. The van der Waals surface area contributed by atoms with Crippen LogP contribution in [0.15, 0.2) is 28.8 Å². The Kier molecular flexibility index (Phi) is 3.48. The van der Waals surface area contributed by atoms with Gasteiger partial charge in [-0.2, -0.15) is 4.98 Å². The zero-order valence-corrected chi connectivity index (χ0v) is 10.8. The highest BCUT2D eigenvalue weighted by molar-refractivity contribution is 6.16. The van der Waals surface area contributed by atoms with Gasteiger partial charge in [-0.25, -0.2) is 4.39 Å². The van der Waals surface area contributed by atoms with Crippen molar-refractivity contribution in [2.45, 2.75) is 24.3 Å². The summed E-state index contributed by atoms with van der Waals surface area (Å²) in [7, 11) is 0. The maximum atomic E-state index is 12.9. The fourth-order valence-corrected chi connectivity index (χ4v) is 2.31. The van der Waals surface area contributed by atoms with Crippen molar-refractivity contribution < 1.29 is 13.7 Å². The maximum Gasteiger partial charge on any atom is 0.241 e. The van der Waals surface area contributed by atoms with Crippen LogP contribution in [-0.2, 0) is 10.6 Å². The molecule has 3 rings (SSSR count). The summed E-state index contributed by atoms with van der Waals surface area (Å²) in [6.45, 7) is 0.531. The van der Waals surface area contributed by atoms with E-state index in [1.807, 2.05) is 0 Å². The van der Waals surface area contributed by atoms with Crippen molar-refractivity contribution in [2.24, 2.45) is 0 Å². The second-order valence-electron chi connectivity index (χ2n) is 4.49. The number of aromatic nitrogens is 2. The molecule has 0 amide bonds. The summed E-state index contributed by atoms with van der Waals surface area (Å²) < 4.78 is 23.6. The van der Waals surface area contributed by atoms with Gasteiger partial charge in [0.05, 0.1) is 12.7 Å². The fraction of sp³-hybridized carbons (Fsp3) is 0.385. The highest BCUT2D eigenvalue weighted by Gasteiger charge is 2.31. The van der Waals surface area contributed by atoms with Crippen molar-refractivity contribution >= 4 is 11.6 Å². The lowest BCUT2D eigenvalue weighted by Crippen LogP contribution is -2.00. The van der Waals surface area contributed by atoms with Crippen LogP contribution in [0.5, 0.6) is 0 Å². The molecule has 19 heavy (non-hydrogen) atoms. The van der Waals surface area contributed by atoms with Crippen LogP contribution >= 0.6 is 11.6 Å². The monoisotopic (exact) mass is 282 g/mol. The van der Waals surface area contributed by atoms with Gasteiger partial charge in [-0.1, -0.05) is 17.3 Å². The van der Waals surface area contributed by atoms with Gasteiger partial charge in [0.15, 0.2) is 5.82 Å². The molecule has 100 valence electrons. The van der Waals surface area contributed by atoms with Crippen LogP contribution in [0.1, 0.15) is 35.7 Å². The lowest BCUT2D eigenvalue weighted by Gasteiger charge is -2.08. The zero-order valence-electron chi connectivity index (χ0n) is 10.1. The summed E-state index contributed by atoms with van der Waals surface area (Å²) in [5.74, 6) is 1.10. The first kappa shape index (κ1) is 12.6. The van der Waals surface area contributed by atoms with Gasteiger partial charge in [-0.3, -0.25) is 0 Å². The van der Waals surface area contributed by atoms with Gasteiger partial charge < -0.3 is 9.26 Å². The standard InChI is InChI=1S/C13H12ClFN2O2/c14-6-12-16-13(17-19-12)9-5-11(18-7-9)8-1-3-10(15)4-2-8/h1-4,9,11H,5-7H2. The molecule has 1 aliphatic heterocycles. The number of halogens is 2. The maximum absolute atomic E-state index is 12.9. The molecule has 0 N–H and O–H groups in total. The van der Waals surface area contributed by atoms with E-state index in [1.54, 1.807) is 12.1 Å². The number of alkyl halides is 1. The molecule has 6 heteroatoms. The number of nitrogens with zero attached hydrogens (tertiary/aromatic N) is 2. The van der Waals surface area contributed by atoms with Crippen molar-refractivity contribution in [3.8, 4) is 0 Å². The van der Waals surface area contributed by atoms with Crippen molar-refractivity contribution in [3.05, 3.63) is 47.4 Å². The van der Waals surface area contributed by atoms with Crippen molar-refractivity contribution in [3.63, 3.8) is 0 Å². The minimum absolute atomic E-state index is 0.0523. The highest BCUT2D eigenvalue weighted by Crippen LogP contribution is 2.37. The smallest absolute Gasteiger partial charge is 0.241 e. The molecule has 4 nitrogen and oxygen atoms in total. The number of ether oxygens (including phenoxy) is 1. The fourth-order valence-electron chi connectivity index (χ4n) is 2.20. The van der Waals surface area contributed by atoms with E-state index in [1.165, 1.54) is 12.1 Å². The third-order valence-corrected chi connectivity index (χ3v) is 3.43. The predicted octanol–water partition coefficient (Wildman–Crippen LogP) is 3.19. The van der Waals surface area contributed by atoms with Crippen LogP contribution in [0.3, 0.4) is 0 Å². The third-order valence-electron chi connectivity index (χ3n) is 3.20. The predicted molar refractivity (Wildman–Crippen MR) is 66.3 cm³/mol. The lowest BCUT2D eigenvalue weighted by atomic mass is 10.00. The van der Waals surface area contributed by atoms with E-state index in [2.05, 4.69) is 10.1 Å². The number of benzene rings is 1. The van der Waals surface area contributed by atoms with Crippen LogP contribution in [0.4, 0.5) is 4.39 Å². The Hall–Kier alpha value is -1.46. The Balaban J connectivity index is 1.71. The topological polar surface area (TPSA) is 48.2 Å². The molecule has 2 unspecified atom stereocenters. The van der Waals surface area contributed by atoms with Gasteiger partial charge in [0.25, 0.3) is 0 Å². The van der Waals surface area contributed by atoms with Crippen molar-refractivity contribution in [1.29, 1.82) is 0 Å². The van der Waals surface area contributed by atoms with E-state index < -0.39 is 0 Å². The first-order chi connectivity index (χ1) is 9.26. The summed E-state index contributed by atoms with van der Waals surface area (Å²) in [4.78, 5) is 4.20. The largest absolute Gasteiger partial charge is 0.373 e. The molecule has 1 aromatic carbocycles. The second-order valence-corrected chi connectivity index (χ2v) is 4.75. The summed E-state index contributed by atoms with van der Waals surface area (Å²) in [6, 6.07) is 6.35. The van der Waals surface area contributed by atoms with Crippen LogP contribution in [0.2, 0.25) is 0 Å². The van der Waals surface area contributed by atoms with Crippen molar-refractivity contribution in [2.75, 3.05) is 6.61 Å². The van der Waals surface area contributed by atoms with Gasteiger partial charge >= 0.3 is 0 Å². The van der Waals surface area contributed by atoms with Gasteiger partial charge in [-0.15, -0.1) is 11.6 Å². The quantitative estimate of drug-likeness (QED) is 0.811. The van der Waals surface area contributed by atoms with Crippen LogP contribution in [0, 0.1) is 5.82 Å². The molecule has 0 spiro atoms. The number of hydrogen-bond donors (Lipinski definition) is 0. The SMILES string of the molecule is Fc1ccc(C2CC(c3noc(CCl)n3)CO2)cc1. The molecule has 1 saturated heterocycles. The van der Waals surface area contributed by atoms with E-state index >= 15 is 0 Å². The average Bonchev–Trinajstić information content (AvgIpc) is 3.08. The average molecular weight is 283 g/mol. The minimum atomic E-state index is -0.247. The van der Waals surface area contributed by atoms with Gasteiger partial charge in [0.2, 0.25) is 5.89 Å². The Morgan fingerprint density at radius 3 is 2.79 bits per heavy atom. The third kappa shape index (κ3) is 2.62. The molecule has 0 radical (unpaired) electrons. The molecule has 0 saturated carbocycles. The molecule has 0 aliphatic carbocycles. The Morgan fingerprint density at radius 2 is 2.11 bits per heavy atom. The Labute approximate surface area is 114 Å². The van der Waals surface area contributed by atoms with E-state index in [4.69, 9.17) is 20.9 Å². The molecular weight excluding hydrogens is 271 g/mol. The second kappa shape index (κ2) is 5.27. The molecule has 1 aromatic heterocycles. The molecule has 1 fully saturated rings. The van der Waals surface area contributed by atoms with E-state index in [9.17, 15) is 4.39 Å². The first-order valence-corrected chi connectivity index (χ1v) is 6.55. The highest BCUT2D eigenvalue weighted by atomic mass is 35.5. The molecule has 1 aliphatic rings. The first-order valence-electron chi connectivity index (χ1n) is 6.02. The molecular formula is C13H12ClFN2O2. The van der Waals surface area contributed by atoms with E-state index in [0.717, 1.165) is 12.0 Å². The summed E-state index contributed by atoms with van der Waals surface area (Å²) >= 11 is 5.62.